The lowest BCUT2D eigenvalue weighted by Crippen LogP contribution is -2.45. The van der Waals surface area contributed by atoms with E-state index in [4.69, 9.17) is 4.74 Å². The molecule has 0 amide bonds. The van der Waals surface area contributed by atoms with Crippen molar-refractivity contribution in [3.05, 3.63) is 35.9 Å². The van der Waals surface area contributed by atoms with Gasteiger partial charge in [-0.2, -0.15) is 0 Å². The SMILES string of the molecule is COC(=O)CCCN1C[C@@H](c2ccccc2)OC[C@H]1C. The van der Waals surface area contributed by atoms with Crippen molar-refractivity contribution in [2.45, 2.75) is 31.9 Å². The van der Waals surface area contributed by atoms with Gasteiger partial charge in [-0.25, -0.2) is 0 Å². The van der Waals surface area contributed by atoms with E-state index in [1.807, 2.05) is 18.2 Å². The Balaban J connectivity index is 1.87. The molecular weight excluding hydrogens is 254 g/mol. The topological polar surface area (TPSA) is 38.8 Å². The van der Waals surface area contributed by atoms with Crippen LogP contribution in [-0.2, 0) is 14.3 Å². The van der Waals surface area contributed by atoms with Gasteiger partial charge >= 0.3 is 5.97 Å². The van der Waals surface area contributed by atoms with E-state index in [1.165, 1.54) is 12.7 Å². The van der Waals surface area contributed by atoms with Gasteiger partial charge in [0.1, 0.15) is 0 Å². The Morgan fingerprint density at radius 3 is 2.85 bits per heavy atom. The average Bonchev–Trinajstić information content (AvgIpc) is 2.49. The Kier molecular flexibility index (Phi) is 5.56. The lowest BCUT2D eigenvalue weighted by molar-refractivity contribution is -0.140. The number of morpholine rings is 1. The third-order valence-corrected chi connectivity index (χ3v) is 3.79. The fourth-order valence-electron chi connectivity index (χ4n) is 2.52. The van der Waals surface area contributed by atoms with Gasteiger partial charge in [-0.05, 0) is 25.5 Å². The summed E-state index contributed by atoms with van der Waals surface area (Å²) >= 11 is 0. The van der Waals surface area contributed by atoms with E-state index >= 15 is 0 Å². The first kappa shape index (κ1) is 15.0. The third kappa shape index (κ3) is 4.05. The van der Waals surface area contributed by atoms with Gasteiger partial charge in [0.25, 0.3) is 0 Å². The predicted octanol–water partition coefficient (Wildman–Crippen LogP) is 2.40. The average molecular weight is 277 g/mol. The molecule has 20 heavy (non-hydrogen) atoms. The van der Waals surface area contributed by atoms with E-state index in [9.17, 15) is 4.79 Å². The van der Waals surface area contributed by atoms with Gasteiger partial charge in [-0.1, -0.05) is 30.3 Å². The zero-order valence-electron chi connectivity index (χ0n) is 12.2. The van der Waals surface area contributed by atoms with E-state index < -0.39 is 0 Å². The van der Waals surface area contributed by atoms with Gasteiger partial charge in [0.05, 0.1) is 19.8 Å². The quantitative estimate of drug-likeness (QED) is 0.775. The van der Waals surface area contributed by atoms with Crippen LogP contribution in [0.15, 0.2) is 30.3 Å². The van der Waals surface area contributed by atoms with Crippen molar-refractivity contribution in [3.8, 4) is 0 Å². The number of carbonyl (C=O) groups excluding carboxylic acids is 1. The molecule has 1 aromatic carbocycles. The molecule has 0 aromatic heterocycles. The number of esters is 1. The molecule has 1 aliphatic rings. The van der Waals surface area contributed by atoms with Gasteiger partial charge in [0.2, 0.25) is 0 Å². The van der Waals surface area contributed by atoms with Gasteiger partial charge in [-0.15, -0.1) is 0 Å². The van der Waals surface area contributed by atoms with Crippen molar-refractivity contribution in [2.24, 2.45) is 0 Å². The van der Waals surface area contributed by atoms with Crippen LogP contribution in [0.4, 0.5) is 0 Å². The zero-order valence-corrected chi connectivity index (χ0v) is 12.2. The molecule has 0 bridgehead atoms. The Labute approximate surface area is 120 Å². The van der Waals surface area contributed by atoms with E-state index in [0.717, 1.165) is 26.1 Å². The molecule has 1 aliphatic heterocycles. The number of hydrogen-bond donors (Lipinski definition) is 0. The number of ether oxygens (including phenoxy) is 2. The van der Waals surface area contributed by atoms with Crippen LogP contribution in [0.5, 0.6) is 0 Å². The minimum atomic E-state index is -0.134. The molecule has 0 N–H and O–H groups in total. The Morgan fingerprint density at radius 2 is 2.15 bits per heavy atom. The summed E-state index contributed by atoms with van der Waals surface area (Å²) in [4.78, 5) is 13.5. The second kappa shape index (κ2) is 7.41. The van der Waals surface area contributed by atoms with Crippen LogP contribution >= 0.6 is 0 Å². The number of hydrogen-bond acceptors (Lipinski definition) is 4. The van der Waals surface area contributed by atoms with E-state index in [2.05, 4.69) is 28.7 Å². The maximum atomic E-state index is 11.2. The molecule has 1 fully saturated rings. The molecule has 1 saturated heterocycles. The highest BCUT2D eigenvalue weighted by atomic mass is 16.5. The maximum Gasteiger partial charge on any atom is 0.305 e. The van der Waals surface area contributed by atoms with Crippen LogP contribution in [0, 0.1) is 0 Å². The number of nitrogens with zero attached hydrogens (tertiary/aromatic N) is 1. The lowest BCUT2D eigenvalue weighted by atomic mass is 10.1. The van der Waals surface area contributed by atoms with Crippen molar-refractivity contribution < 1.29 is 14.3 Å². The Hall–Kier alpha value is -1.39. The summed E-state index contributed by atoms with van der Waals surface area (Å²) in [7, 11) is 1.44. The minimum Gasteiger partial charge on any atom is -0.469 e. The second-order valence-corrected chi connectivity index (χ2v) is 5.26. The van der Waals surface area contributed by atoms with Crippen LogP contribution in [-0.4, -0.2) is 43.7 Å². The van der Waals surface area contributed by atoms with Gasteiger partial charge in [0.15, 0.2) is 0 Å². The number of benzene rings is 1. The molecule has 4 nitrogen and oxygen atoms in total. The highest BCUT2D eigenvalue weighted by Gasteiger charge is 2.26. The van der Waals surface area contributed by atoms with Crippen molar-refractivity contribution >= 4 is 5.97 Å². The smallest absolute Gasteiger partial charge is 0.305 e. The maximum absolute atomic E-state index is 11.2. The summed E-state index contributed by atoms with van der Waals surface area (Å²) in [5.41, 5.74) is 1.22. The molecule has 0 unspecified atom stereocenters. The molecule has 0 spiro atoms. The number of rotatable bonds is 5. The first-order chi connectivity index (χ1) is 9.70. The molecule has 1 heterocycles. The van der Waals surface area contributed by atoms with Crippen LogP contribution in [0.25, 0.3) is 0 Å². The van der Waals surface area contributed by atoms with Crippen LogP contribution in [0.3, 0.4) is 0 Å². The van der Waals surface area contributed by atoms with Gasteiger partial charge in [-0.3, -0.25) is 9.69 Å². The first-order valence-electron chi connectivity index (χ1n) is 7.18. The summed E-state index contributed by atoms with van der Waals surface area (Å²) in [6, 6.07) is 10.7. The van der Waals surface area contributed by atoms with Crippen LogP contribution in [0.2, 0.25) is 0 Å². The Morgan fingerprint density at radius 1 is 1.40 bits per heavy atom. The molecule has 0 radical (unpaired) electrons. The second-order valence-electron chi connectivity index (χ2n) is 5.26. The van der Waals surface area contributed by atoms with Gasteiger partial charge < -0.3 is 9.47 Å². The van der Waals surface area contributed by atoms with E-state index in [0.29, 0.717) is 12.5 Å². The van der Waals surface area contributed by atoms with E-state index in [-0.39, 0.29) is 12.1 Å². The standard InChI is InChI=1S/C16H23NO3/c1-13-12-20-15(14-7-4-3-5-8-14)11-17(13)10-6-9-16(18)19-2/h3-5,7-8,13,15H,6,9-12H2,1-2H3/t13-,15+/m1/s1. The molecule has 1 aromatic rings. The minimum absolute atomic E-state index is 0.130. The molecule has 110 valence electrons. The van der Waals surface area contributed by atoms with Crippen LogP contribution in [0.1, 0.15) is 31.4 Å². The summed E-state index contributed by atoms with van der Waals surface area (Å²) in [5.74, 6) is -0.134. The van der Waals surface area contributed by atoms with Gasteiger partial charge in [0, 0.05) is 19.0 Å². The molecule has 2 rings (SSSR count). The van der Waals surface area contributed by atoms with E-state index in [1.54, 1.807) is 0 Å². The fraction of sp³-hybridized carbons (Fsp3) is 0.562. The molecule has 0 saturated carbocycles. The normalized spacial score (nSPS) is 23.5. The van der Waals surface area contributed by atoms with Crippen LogP contribution < -0.4 is 0 Å². The lowest BCUT2D eigenvalue weighted by Gasteiger charge is -2.38. The number of carbonyl (C=O) groups is 1. The Bertz CT molecular complexity index is 421. The van der Waals surface area contributed by atoms with Crippen molar-refractivity contribution in [1.82, 2.24) is 4.90 Å². The summed E-state index contributed by atoms with van der Waals surface area (Å²) in [5, 5.41) is 0. The fourth-order valence-corrected chi connectivity index (χ4v) is 2.52. The third-order valence-electron chi connectivity index (χ3n) is 3.79. The molecular formula is C16H23NO3. The summed E-state index contributed by atoms with van der Waals surface area (Å²) in [6.07, 6.45) is 1.44. The summed E-state index contributed by atoms with van der Waals surface area (Å²) in [6.45, 7) is 4.69. The van der Waals surface area contributed by atoms with Crippen molar-refractivity contribution in [2.75, 3.05) is 26.8 Å². The first-order valence-corrected chi connectivity index (χ1v) is 7.18. The number of methoxy groups -OCH3 is 1. The predicted molar refractivity (Wildman–Crippen MR) is 77.4 cm³/mol. The molecule has 2 atom stereocenters. The monoisotopic (exact) mass is 277 g/mol. The zero-order chi connectivity index (χ0) is 14.4. The van der Waals surface area contributed by atoms with Crippen molar-refractivity contribution in [3.63, 3.8) is 0 Å². The molecule has 4 heteroatoms. The largest absolute Gasteiger partial charge is 0.469 e. The summed E-state index contributed by atoms with van der Waals surface area (Å²) < 4.78 is 10.6. The highest BCUT2D eigenvalue weighted by Crippen LogP contribution is 2.24. The van der Waals surface area contributed by atoms with Crippen molar-refractivity contribution in [1.29, 1.82) is 0 Å². The highest BCUT2D eigenvalue weighted by molar-refractivity contribution is 5.69. The molecule has 0 aliphatic carbocycles.